The molecule has 5 nitrogen and oxygen atoms in total. The number of aromatic carboxylic acids is 1. The SMILES string of the molecule is COCCNC(=O)C(C)Sc1cccc(C(=O)O)c1. The molecule has 0 aliphatic rings. The van der Waals surface area contributed by atoms with Crippen molar-refractivity contribution < 1.29 is 19.4 Å². The van der Waals surface area contributed by atoms with Crippen molar-refractivity contribution >= 4 is 23.6 Å². The van der Waals surface area contributed by atoms with Gasteiger partial charge in [-0.05, 0) is 25.1 Å². The van der Waals surface area contributed by atoms with E-state index in [2.05, 4.69) is 5.32 Å². The normalized spacial score (nSPS) is 11.9. The summed E-state index contributed by atoms with van der Waals surface area (Å²) in [6.07, 6.45) is 0. The number of thioether (sulfide) groups is 1. The summed E-state index contributed by atoms with van der Waals surface area (Å²) >= 11 is 1.33. The van der Waals surface area contributed by atoms with Gasteiger partial charge in [-0.2, -0.15) is 0 Å². The van der Waals surface area contributed by atoms with Gasteiger partial charge in [0.15, 0.2) is 0 Å². The van der Waals surface area contributed by atoms with Gasteiger partial charge in [0.2, 0.25) is 5.91 Å². The summed E-state index contributed by atoms with van der Waals surface area (Å²) in [4.78, 5) is 23.3. The Morgan fingerprint density at radius 3 is 2.84 bits per heavy atom. The van der Waals surface area contributed by atoms with E-state index in [0.29, 0.717) is 13.2 Å². The minimum absolute atomic E-state index is 0.0946. The van der Waals surface area contributed by atoms with E-state index in [1.165, 1.54) is 17.8 Å². The molecule has 0 aliphatic heterocycles. The van der Waals surface area contributed by atoms with Crippen molar-refractivity contribution in [2.45, 2.75) is 17.1 Å². The van der Waals surface area contributed by atoms with Gasteiger partial charge in [-0.3, -0.25) is 4.79 Å². The second-order valence-electron chi connectivity index (χ2n) is 3.88. The van der Waals surface area contributed by atoms with Crippen molar-refractivity contribution in [2.24, 2.45) is 0 Å². The molecule has 104 valence electrons. The second kappa shape index (κ2) is 7.81. The van der Waals surface area contributed by atoms with Crippen LogP contribution in [0.5, 0.6) is 0 Å². The van der Waals surface area contributed by atoms with Crippen molar-refractivity contribution in [1.29, 1.82) is 0 Å². The molecule has 0 heterocycles. The van der Waals surface area contributed by atoms with Crippen molar-refractivity contribution in [3.63, 3.8) is 0 Å². The number of benzene rings is 1. The lowest BCUT2D eigenvalue weighted by molar-refractivity contribution is -0.120. The minimum Gasteiger partial charge on any atom is -0.478 e. The minimum atomic E-state index is -0.973. The molecule has 1 unspecified atom stereocenters. The van der Waals surface area contributed by atoms with Crippen molar-refractivity contribution in [3.8, 4) is 0 Å². The molecule has 0 radical (unpaired) electrons. The average Bonchev–Trinajstić information content (AvgIpc) is 2.39. The molecule has 19 heavy (non-hydrogen) atoms. The van der Waals surface area contributed by atoms with E-state index in [9.17, 15) is 9.59 Å². The van der Waals surface area contributed by atoms with Gasteiger partial charge in [-0.15, -0.1) is 11.8 Å². The lowest BCUT2D eigenvalue weighted by Gasteiger charge is -2.12. The second-order valence-corrected chi connectivity index (χ2v) is 5.29. The van der Waals surface area contributed by atoms with Crippen molar-refractivity contribution in [2.75, 3.05) is 20.3 Å². The number of carbonyl (C=O) groups is 2. The molecular formula is C13H17NO4S. The van der Waals surface area contributed by atoms with Crippen molar-refractivity contribution in [1.82, 2.24) is 5.32 Å². The van der Waals surface area contributed by atoms with E-state index in [1.807, 2.05) is 0 Å². The Morgan fingerprint density at radius 2 is 2.21 bits per heavy atom. The highest BCUT2D eigenvalue weighted by Gasteiger charge is 2.14. The van der Waals surface area contributed by atoms with Crippen LogP contribution < -0.4 is 5.32 Å². The van der Waals surface area contributed by atoms with Crippen molar-refractivity contribution in [3.05, 3.63) is 29.8 Å². The predicted octanol–water partition coefficient (Wildman–Crippen LogP) is 1.63. The highest BCUT2D eigenvalue weighted by molar-refractivity contribution is 8.00. The highest BCUT2D eigenvalue weighted by atomic mass is 32.2. The maximum atomic E-state index is 11.7. The number of nitrogens with one attached hydrogen (secondary N) is 1. The van der Waals surface area contributed by atoms with Crippen LogP contribution in [0.2, 0.25) is 0 Å². The van der Waals surface area contributed by atoms with E-state index < -0.39 is 5.97 Å². The summed E-state index contributed by atoms with van der Waals surface area (Å²) < 4.78 is 4.85. The van der Waals surface area contributed by atoms with Gasteiger partial charge in [0.05, 0.1) is 17.4 Å². The van der Waals surface area contributed by atoms with Gasteiger partial charge < -0.3 is 15.2 Å². The number of hydrogen-bond donors (Lipinski definition) is 2. The topological polar surface area (TPSA) is 75.6 Å². The zero-order valence-corrected chi connectivity index (χ0v) is 11.7. The number of hydrogen-bond acceptors (Lipinski definition) is 4. The molecule has 1 rings (SSSR count). The van der Waals surface area contributed by atoms with E-state index >= 15 is 0 Å². The van der Waals surface area contributed by atoms with Crippen LogP contribution in [0.15, 0.2) is 29.2 Å². The van der Waals surface area contributed by atoms with E-state index in [4.69, 9.17) is 9.84 Å². The summed E-state index contributed by atoms with van der Waals surface area (Å²) in [6.45, 7) is 2.72. The number of amides is 1. The fraction of sp³-hybridized carbons (Fsp3) is 0.385. The third-order valence-electron chi connectivity index (χ3n) is 2.37. The molecule has 1 aromatic rings. The Bertz CT molecular complexity index is 450. The number of ether oxygens (including phenoxy) is 1. The van der Waals surface area contributed by atoms with Crippen LogP contribution in [0, 0.1) is 0 Å². The van der Waals surface area contributed by atoms with E-state index in [1.54, 1.807) is 32.2 Å². The molecule has 0 aliphatic carbocycles. The smallest absolute Gasteiger partial charge is 0.335 e. The standard InChI is InChI=1S/C13H17NO4S/c1-9(12(15)14-6-7-18-2)19-11-5-3-4-10(8-11)13(16)17/h3-5,8-9H,6-7H2,1-2H3,(H,14,15)(H,16,17). The largest absolute Gasteiger partial charge is 0.478 e. The van der Waals surface area contributed by atoms with E-state index in [-0.39, 0.29) is 16.7 Å². The Balaban J connectivity index is 2.56. The van der Waals surface area contributed by atoms with Crippen LogP contribution in [0.3, 0.4) is 0 Å². The molecule has 1 amide bonds. The summed E-state index contributed by atoms with van der Waals surface area (Å²) in [5, 5.41) is 11.3. The average molecular weight is 283 g/mol. The lowest BCUT2D eigenvalue weighted by atomic mass is 10.2. The van der Waals surface area contributed by atoms with Crippen LogP contribution in [0.1, 0.15) is 17.3 Å². The number of methoxy groups -OCH3 is 1. The fourth-order valence-corrected chi connectivity index (χ4v) is 2.33. The number of carboxylic acids is 1. The molecule has 2 N–H and O–H groups in total. The Kier molecular flexibility index (Phi) is 6.38. The monoisotopic (exact) mass is 283 g/mol. The van der Waals surface area contributed by atoms with Crippen LogP contribution in [0.25, 0.3) is 0 Å². The lowest BCUT2D eigenvalue weighted by Crippen LogP contribution is -2.33. The maximum Gasteiger partial charge on any atom is 0.335 e. The first-order valence-electron chi connectivity index (χ1n) is 5.81. The Hall–Kier alpha value is -1.53. The van der Waals surface area contributed by atoms with Crippen LogP contribution in [-0.4, -0.2) is 42.5 Å². The van der Waals surface area contributed by atoms with Crippen LogP contribution in [0.4, 0.5) is 0 Å². The number of carbonyl (C=O) groups excluding carboxylic acids is 1. The first-order valence-corrected chi connectivity index (χ1v) is 6.69. The Morgan fingerprint density at radius 1 is 1.47 bits per heavy atom. The molecule has 0 fully saturated rings. The zero-order valence-electron chi connectivity index (χ0n) is 10.9. The van der Waals surface area contributed by atoms with Gasteiger partial charge in [-0.25, -0.2) is 4.79 Å². The maximum absolute atomic E-state index is 11.7. The molecule has 1 atom stereocenters. The van der Waals surface area contributed by atoms with Gasteiger partial charge in [0.25, 0.3) is 0 Å². The summed E-state index contributed by atoms with van der Waals surface area (Å²) in [5.74, 6) is -1.07. The summed E-state index contributed by atoms with van der Waals surface area (Å²) in [7, 11) is 1.57. The molecule has 6 heteroatoms. The molecule has 1 aromatic carbocycles. The first kappa shape index (κ1) is 15.5. The Labute approximate surface area is 116 Å². The molecule has 0 saturated carbocycles. The fourth-order valence-electron chi connectivity index (χ4n) is 1.38. The summed E-state index contributed by atoms with van der Waals surface area (Å²) in [6, 6.07) is 6.54. The number of rotatable bonds is 7. The van der Waals surface area contributed by atoms with Crippen LogP contribution in [-0.2, 0) is 9.53 Å². The zero-order chi connectivity index (χ0) is 14.3. The molecule has 0 aromatic heterocycles. The van der Waals surface area contributed by atoms with Gasteiger partial charge in [0, 0.05) is 18.6 Å². The van der Waals surface area contributed by atoms with Crippen LogP contribution >= 0.6 is 11.8 Å². The molecule has 0 saturated heterocycles. The molecule has 0 spiro atoms. The highest BCUT2D eigenvalue weighted by Crippen LogP contribution is 2.24. The molecular weight excluding hydrogens is 266 g/mol. The molecule has 0 bridgehead atoms. The van der Waals surface area contributed by atoms with Gasteiger partial charge >= 0.3 is 5.97 Å². The van der Waals surface area contributed by atoms with E-state index in [0.717, 1.165) is 4.90 Å². The predicted molar refractivity (Wildman–Crippen MR) is 73.6 cm³/mol. The third-order valence-corrected chi connectivity index (χ3v) is 3.46. The van der Waals surface area contributed by atoms with Gasteiger partial charge in [0.1, 0.15) is 0 Å². The quantitative estimate of drug-likeness (QED) is 0.587. The number of carboxylic acid groups (broad SMARTS) is 1. The summed E-state index contributed by atoms with van der Waals surface area (Å²) in [5.41, 5.74) is 0.219. The third kappa shape index (κ3) is 5.32. The first-order chi connectivity index (χ1) is 9.04. The van der Waals surface area contributed by atoms with Gasteiger partial charge in [-0.1, -0.05) is 6.07 Å².